The van der Waals surface area contributed by atoms with Gasteiger partial charge < -0.3 is 10.5 Å². The van der Waals surface area contributed by atoms with Crippen LogP contribution >= 0.6 is 0 Å². The van der Waals surface area contributed by atoms with Gasteiger partial charge in [-0.1, -0.05) is 13.8 Å². The van der Waals surface area contributed by atoms with E-state index in [2.05, 4.69) is 0 Å². The second-order valence-corrected chi connectivity index (χ2v) is 3.39. The van der Waals surface area contributed by atoms with Gasteiger partial charge in [-0.25, -0.2) is 4.39 Å². The zero-order chi connectivity index (χ0) is 9.84. The minimum atomic E-state index is -0.366. The Morgan fingerprint density at radius 2 is 2.15 bits per heavy atom. The van der Waals surface area contributed by atoms with Crippen molar-refractivity contribution in [3.8, 4) is 5.75 Å². The molecule has 0 fully saturated rings. The predicted molar refractivity (Wildman–Crippen MR) is 51.1 cm³/mol. The number of benzene rings is 1. The fourth-order valence-electron chi connectivity index (χ4n) is 0.887. The highest BCUT2D eigenvalue weighted by Gasteiger charge is 2.04. The molecule has 1 rings (SSSR count). The Bertz CT molecular complexity index is 286. The highest BCUT2D eigenvalue weighted by Crippen LogP contribution is 2.20. The average molecular weight is 183 g/mol. The quantitative estimate of drug-likeness (QED) is 0.730. The topological polar surface area (TPSA) is 35.2 Å². The number of rotatable bonds is 3. The summed E-state index contributed by atoms with van der Waals surface area (Å²) in [7, 11) is 0. The van der Waals surface area contributed by atoms with E-state index in [1.807, 2.05) is 13.8 Å². The molecule has 0 aromatic heterocycles. The molecule has 0 unspecified atom stereocenters. The van der Waals surface area contributed by atoms with Crippen molar-refractivity contribution in [2.75, 3.05) is 12.3 Å². The van der Waals surface area contributed by atoms with Crippen LogP contribution < -0.4 is 10.5 Å². The van der Waals surface area contributed by atoms with E-state index >= 15 is 0 Å². The van der Waals surface area contributed by atoms with Crippen LogP contribution in [-0.4, -0.2) is 6.61 Å². The van der Waals surface area contributed by atoms with Gasteiger partial charge in [-0.2, -0.15) is 0 Å². The highest BCUT2D eigenvalue weighted by atomic mass is 19.1. The fraction of sp³-hybridized carbons (Fsp3) is 0.400. The molecule has 1 aromatic carbocycles. The lowest BCUT2D eigenvalue weighted by Gasteiger charge is -2.09. The largest absolute Gasteiger partial charge is 0.490 e. The number of hydrogen-bond donors (Lipinski definition) is 1. The molecule has 1 aromatic rings. The smallest absolute Gasteiger partial charge is 0.165 e. The number of ether oxygens (including phenoxy) is 1. The van der Waals surface area contributed by atoms with E-state index in [9.17, 15) is 4.39 Å². The molecular weight excluding hydrogens is 169 g/mol. The molecule has 0 radical (unpaired) electrons. The SMILES string of the molecule is CC(C)COc1cc(N)ccc1F. The molecule has 2 N–H and O–H groups in total. The number of nitrogen functional groups attached to an aromatic ring is 1. The van der Waals surface area contributed by atoms with Crippen LogP contribution in [0.5, 0.6) is 5.75 Å². The van der Waals surface area contributed by atoms with Gasteiger partial charge in [0.15, 0.2) is 11.6 Å². The average Bonchev–Trinajstić information content (AvgIpc) is 2.06. The Balaban J connectivity index is 2.70. The van der Waals surface area contributed by atoms with Crippen LogP contribution in [-0.2, 0) is 0 Å². The summed E-state index contributed by atoms with van der Waals surface area (Å²) < 4.78 is 18.3. The maximum atomic E-state index is 13.0. The normalized spacial score (nSPS) is 10.5. The summed E-state index contributed by atoms with van der Waals surface area (Å²) in [5.74, 6) is 0.240. The van der Waals surface area contributed by atoms with E-state index in [4.69, 9.17) is 10.5 Å². The van der Waals surface area contributed by atoms with Crippen LogP contribution in [0.2, 0.25) is 0 Å². The minimum Gasteiger partial charge on any atom is -0.490 e. The molecule has 0 saturated carbocycles. The van der Waals surface area contributed by atoms with Crippen molar-refractivity contribution < 1.29 is 9.13 Å². The van der Waals surface area contributed by atoms with Crippen molar-refractivity contribution in [2.24, 2.45) is 5.92 Å². The van der Waals surface area contributed by atoms with Crippen LogP contribution in [0.15, 0.2) is 18.2 Å². The van der Waals surface area contributed by atoms with E-state index in [1.165, 1.54) is 18.2 Å². The van der Waals surface area contributed by atoms with Crippen LogP contribution in [0.1, 0.15) is 13.8 Å². The monoisotopic (exact) mass is 183 g/mol. The van der Waals surface area contributed by atoms with E-state index < -0.39 is 0 Å². The zero-order valence-corrected chi connectivity index (χ0v) is 7.88. The molecule has 3 heteroatoms. The second-order valence-electron chi connectivity index (χ2n) is 3.39. The van der Waals surface area contributed by atoms with E-state index in [1.54, 1.807) is 0 Å². The van der Waals surface area contributed by atoms with Crippen molar-refractivity contribution in [1.82, 2.24) is 0 Å². The minimum absolute atomic E-state index is 0.230. The maximum absolute atomic E-state index is 13.0. The van der Waals surface area contributed by atoms with Gasteiger partial charge in [0.05, 0.1) is 6.61 Å². The summed E-state index contributed by atoms with van der Waals surface area (Å²) in [4.78, 5) is 0. The highest BCUT2D eigenvalue weighted by molar-refractivity contribution is 5.44. The lowest BCUT2D eigenvalue weighted by atomic mass is 10.2. The van der Waals surface area contributed by atoms with Gasteiger partial charge >= 0.3 is 0 Å². The Labute approximate surface area is 77.5 Å². The van der Waals surface area contributed by atoms with Crippen molar-refractivity contribution in [3.05, 3.63) is 24.0 Å². The van der Waals surface area contributed by atoms with Gasteiger partial charge in [-0.15, -0.1) is 0 Å². The summed E-state index contributed by atoms with van der Waals surface area (Å²) in [5, 5.41) is 0. The molecular formula is C10H14FNO. The Morgan fingerprint density at radius 3 is 2.77 bits per heavy atom. The third kappa shape index (κ3) is 2.93. The number of halogens is 1. The van der Waals surface area contributed by atoms with Crippen LogP contribution in [0.4, 0.5) is 10.1 Å². The molecule has 0 aliphatic rings. The Kier molecular flexibility index (Phi) is 3.12. The number of nitrogens with two attached hydrogens (primary N) is 1. The molecule has 0 amide bonds. The maximum Gasteiger partial charge on any atom is 0.165 e. The van der Waals surface area contributed by atoms with E-state index in [-0.39, 0.29) is 11.6 Å². The fourth-order valence-corrected chi connectivity index (χ4v) is 0.887. The first-order chi connectivity index (χ1) is 6.09. The van der Waals surface area contributed by atoms with Gasteiger partial charge in [0, 0.05) is 11.8 Å². The molecule has 0 heterocycles. The molecule has 13 heavy (non-hydrogen) atoms. The molecule has 0 spiro atoms. The second kappa shape index (κ2) is 4.12. The molecule has 0 bridgehead atoms. The first kappa shape index (κ1) is 9.84. The first-order valence-electron chi connectivity index (χ1n) is 4.27. The summed E-state index contributed by atoms with van der Waals surface area (Å²) >= 11 is 0. The van der Waals surface area contributed by atoms with Gasteiger partial charge in [0.25, 0.3) is 0 Å². The number of anilines is 1. The van der Waals surface area contributed by atoms with Gasteiger partial charge in [-0.05, 0) is 18.1 Å². The summed E-state index contributed by atoms with van der Waals surface area (Å²) in [6.07, 6.45) is 0. The zero-order valence-electron chi connectivity index (χ0n) is 7.88. The molecule has 0 atom stereocenters. The van der Waals surface area contributed by atoms with Gasteiger partial charge in [0.2, 0.25) is 0 Å². The molecule has 2 nitrogen and oxygen atoms in total. The molecule has 0 aliphatic carbocycles. The Morgan fingerprint density at radius 1 is 1.46 bits per heavy atom. The van der Waals surface area contributed by atoms with Crippen molar-refractivity contribution in [1.29, 1.82) is 0 Å². The summed E-state index contributed by atoms with van der Waals surface area (Å²) in [5.41, 5.74) is 6.00. The van der Waals surface area contributed by atoms with Crippen molar-refractivity contribution in [3.63, 3.8) is 0 Å². The molecule has 0 aliphatic heterocycles. The van der Waals surface area contributed by atoms with Gasteiger partial charge in [0.1, 0.15) is 0 Å². The third-order valence-electron chi connectivity index (χ3n) is 1.53. The third-order valence-corrected chi connectivity index (χ3v) is 1.53. The molecule has 72 valence electrons. The summed E-state index contributed by atoms with van der Waals surface area (Å²) in [6.45, 7) is 4.51. The van der Waals surface area contributed by atoms with Crippen LogP contribution in [0.25, 0.3) is 0 Å². The number of hydrogen-bond acceptors (Lipinski definition) is 2. The first-order valence-corrected chi connectivity index (χ1v) is 4.27. The van der Waals surface area contributed by atoms with Gasteiger partial charge in [-0.3, -0.25) is 0 Å². The van der Waals surface area contributed by atoms with Crippen LogP contribution in [0, 0.1) is 11.7 Å². The van der Waals surface area contributed by atoms with Crippen LogP contribution in [0.3, 0.4) is 0 Å². The van der Waals surface area contributed by atoms with Crippen molar-refractivity contribution in [2.45, 2.75) is 13.8 Å². The van der Waals surface area contributed by atoms with E-state index in [0.717, 1.165) is 0 Å². The lowest BCUT2D eigenvalue weighted by molar-refractivity contribution is 0.259. The lowest BCUT2D eigenvalue weighted by Crippen LogP contribution is -2.05. The molecule has 0 saturated heterocycles. The standard InChI is InChI=1S/C10H14FNO/c1-7(2)6-13-10-5-8(12)3-4-9(10)11/h3-5,7H,6,12H2,1-2H3. The Hall–Kier alpha value is -1.25. The predicted octanol–water partition coefficient (Wildman–Crippen LogP) is 2.44. The summed E-state index contributed by atoms with van der Waals surface area (Å²) in [6, 6.07) is 4.32. The van der Waals surface area contributed by atoms with E-state index in [0.29, 0.717) is 18.2 Å². The van der Waals surface area contributed by atoms with Crippen molar-refractivity contribution >= 4 is 5.69 Å².